The van der Waals surface area contributed by atoms with Crippen LogP contribution in [-0.4, -0.2) is 17.5 Å². The van der Waals surface area contributed by atoms with Crippen LogP contribution in [0.3, 0.4) is 0 Å². The maximum Gasteiger partial charge on any atom is 0.248 e. The van der Waals surface area contributed by atoms with Crippen LogP contribution in [0, 0.1) is 0 Å². The number of carbonyl (C=O) groups excluding carboxylic acids is 3. The first-order valence-corrected chi connectivity index (χ1v) is 9.40. The number of nitrogens with one attached hydrogen (secondary N) is 1. The lowest BCUT2D eigenvalue weighted by molar-refractivity contribution is -0.111. The Bertz CT molecular complexity index is 1150. The number of fused-ring (bicyclic) bond motifs is 2. The molecule has 4 nitrogen and oxygen atoms in total. The second kappa shape index (κ2) is 7.37. The molecular formula is C23H14BrNO3. The maximum atomic E-state index is 12.9. The number of hydrogen-bond acceptors (Lipinski definition) is 3. The van der Waals surface area contributed by atoms with Gasteiger partial charge in [-0.05, 0) is 29.8 Å². The molecule has 0 atom stereocenters. The van der Waals surface area contributed by atoms with Crippen LogP contribution in [0.25, 0.3) is 6.08 Å². The fraction of sp³-hybridized carbons (Fsp3) is 0. The summed E-state index contributed by atoms with van der Waals surface area (Å²) in [5.74, 6) is -0.861. The van der Waals surface area contributed by atoms with Crippen molar-refractivity contribution >= 4 is 45.2 Å². The minimum atomic E-state index is -0.379. The number of ketones is 2. The third-order valence-corrected chi connectivity index (χ3v) is 5.04. The molecule has 1 N–H and O–H groups in total. The van der Waals surface area contributed by atoms with Crippen LogP contribution < -0.4 is 5.32 Å². The van der Waals surface area contributed by atoms with Crippen LogP contribution in [0.2, 0.25) is 0 Å². The molecule has 0 unspecified atom stereocenters. The minimum absolute atomic E-state index is 0.216. The molecule has 136 valence electrons. The molecule has 3 aromatic carbocycles. The van der Waals surface area contributed by atoms with Gasteiger partial charge in [-0.1, -0.05) is 64.5 Å². The van der Waals surface area contributed by atoms with E-state index < -0.39 is 0 Å². The monoisotopic (exact) mass is 431 g/mol. The van der Waals surface area contributed by atoms with Crippen LogP contribution in [0.15, 0.2) is 77.3 Å². The van der Waals surface area contributed by atoms with E-state index in [0.717, 1.165) is 10.0 Å². The second-order valence-corrected chi connectivity index (χ2v) is 7.22. The fourth-order valence-electron chi connectivity index (χ4n) is 3.17. The summed E-state index contributed by atoms with van der Waals surface area (Å²) in [6.45, 7) is 0. The van der Waals surface area contributed by atoms with Crippen molar-refractivity contribution in [1.29, 1.82) is 0 Å². The molecule has 1 aliphatic carbocycles. The molecule has 0 aliphatic heterocycles. The summed E-state index contributed by atoms with van der Waals surface area (Å²) < 4.78 is 0.952. The molecule has 4 rings (SSSR count). The van der Waals surface area contributed by atoms with Gasteiger partial charge in [-0.3, -0.25) is 14.4 Å². The van der Waals surface area contributed by atoms with E-state index >= 15 is 0 Å². The smallest absolute Gasteiger partial charge is 0.248 e. The lowest BCUT2D eigenvalue weighted by Gasteiger charge is -2.20. The molecule has 0 bridgehead atoms. The van der Waals surface area contributed by atoms with Crippen molar-refractivity contribution in [3.63, 3.8) is 0 Å². The van der Waals surface area contributed by atoms with E-state index in [0.29, 0.717) is 22.4 Å². The number of carbonyl (C=O) groups is 3. The maximum absolute atomic E-state index is 12.9. The summed E-state index contributed by atoms with van der Waals surface area (Å²) in [6.07, 6.45) is 3.07. The lowest BCUT2D eigenvalue weighted by atomic mass is 9.83. The van der Waals surface area contributed by atoms with Crippen molar-refractivity contribution in [2.24, 2.45) is 0 Å². The quantitative estimate of drug-likeness (QED) is 0.470. The molecule has 0 radical (unpaired) electrons. The Balaban J connectivity index is 1.63. The SMILES string of the molecule is O=C(C=Cc1ccc(Br)cc1)Nc1cccc2c1C(=O)c1ccccc1C2=O. The molecule has 3 aromatic rings. The first kappa shape index (κ1) is 18.1. The van der Waals surface area contributed by atoms with E-state index in [-0.39, 0.29) is 23.0 Å². The van der Waals surface area contributed by atoms with Crippen LogP contribution in [-0.2, 0) is 4.79 Å². The summed E-state index contributed by atoms with van der Waals surface area (Å²) in [5.41, 5.74) is 2.48. The molecule has 0 saturated heterocycles. The van der Waals surface area contributed by atoms with Gasteiger partial charge in [0.05, 0.1) is 11.3 Å². The molecule has 0 fully saturated rings. The topological polar surface area (TPSA) is 63.2 Å². The van der Waals surface area contributed by atoms with Gasteiger partial charge in [0.15, 0.2) is 11.6 Å². The summed E-state index contributed by atoms with van der Waals surface area (Å²) >= 11 is 3.36. The standard InChI is InChI=1S/C23H14BrNO3/c24-15-11-8-14(9-12-15)10-13-20(26)25-19-7-3-6-18-21(19)23(28)17-5-2-1-4-16(17)22(18)27/h1-13H,(H,25,26). The molecule has 0 spiro atoms. The van der Waals surface area contributed by atoms with Gasteiger partial charge in [0.2, 0.25) is 5.91 Å². The van der Waals surface area contributed by atoms with E-state index in [1.807, 2.05) is 24.3 Å². The molecule has 5 heteroatoms. The van der Waals surface area contributed by atoms with E-state index in [1.54, 1.807) is 48.5 Å². The third kappa shape index (κ3) is 3.32. The Labute approximate surface area is 170 Å². The zero-order valence-electron chi connectivity index (χ0n) is 14.6. The molecule has 0 saturated carbocycles. The number of halogens is 1. The summed E-state index contributed by atoms with van der Waals surface area (Å²) in [4.78, 5) is 38.1. The number of hydrogen-bond donors (Lipinski definition) is 1. The van der Waals surface area contributed by atoms with Gasteiger partial charge in [0.1, 0.15) is 0 Å². The van der Waals surface area contributed by atoms with Gasteiger partial charge >= 0.3 is 0 Å². The molecule has 0 aromatic heterocycles. The molecule has 28 heavy (non-hydrogen) atoms. The Hall–Kier alpha value is -3.31. The minimum Gasteiger partial charge on any atom is -0.322 e. The predicted octanol–water partition coefficient (Wildman–Crippen LogP) is 4.88. The Morgan fingerprint density at radius 3 is 2.14 bits per heavy atom. The zero-order valence-corrected chi connectivity index (χ0v) is 16.2. The first-order chi connectivity index (χ1) is 13.5. The van der Waals surface area contributed by atoms with Crippen LogP contribution in [0.4, 0.5) is 5.69 Å². The van der Waals surface area contributed by atoms with Gasteiger partial charge in [0, 0.05) is 27.2 Å². The predicted molar refractivity (Wildman–Crippen MR) is 112 cm³/mol. The highest BCUT2D eigenvalue weighted by atomic mass is 79.9. The van der Waals surface area contributed by atoms with Crippen LogP contribution in [0.5, 0.6) is 0 Å². The van der Waals surface area contributed by atoms with Gasteiger partial charge in [-0.25, -0.2) is 0 Å². The highest BCUT2D eigenvalue weighted by Crippen LogP contribution is 2.31. The van der Waals surface area contributed by atoms with Gasteiger partial charge < -0.3 is 5.32 Å². The average Bonchev–Trinajstić information content (AvgIpc) is 2.71. The molecule has 1 amide bonds. The van der Waals surface area contributed by atoms with Gasteiger partial charge in [-0.2, -0.15) is 0 Å². The van der Waals surface area contributed by atoms with E-state index in [4.69, 9.17) is 0 Å². The van der Waals surface area contributed by atoms with Crippen molar-refractivity contribution in [2.75, 3.05) is 5.32 Å². The van der Waals surface area contributed by atoms with Crippen LogP contribution >= 0.6 is 15.9 Å². The lowest BCUT2D eigenvalue weighted by Crippen LogP contribution is -2.23. The second-order valence-electron chi connectivity index (χ2n) is 6.31. The van der Waals surface area contributed by atoms with Crippen LogP contribution in [0.1, 0.15) is 37.4 Å². The zero-order chi connectivity index (χ0) is 19.7. The molecule has 0 heterocycles. The fourth-order valence-corrected chi connectivity index (χ4v) is 3.43. The summed E-state index contributed by atoms with van der Waals surface area (Å²) in [6, 6.07) is 19.1. The number of anilines is 1. The Kier molecular flexibility index (Phi) is 4.75. The largest absolute Gasteiger partial charge is 0.322 e. The third-order valence-electron chi connectivity index (χ3n) is 4.51. The van der Waals surface area contributed by atoms with Gasteiger partial charge in [0.25, 0.3) is 0 Å². The molecular weight excluding hydrogens is 418 g/mol. The average molecular weight is 432 g/mol. The summed E-state index contributed by atoms with van der Waals surface area (Å²) in [7, 11) is 0. The van der Waals surface area contributed by atoms with E-state index in [1.165, 1.54) is 6.08 Å². The van der Waals surface area contributed by atoms with Crippen molar-refractivity contribution in [2.45, 2.75) is 0 Å². The van der Waals surface area contributed by atoms with Crippen molar-refractivity contribution in [3.8, 4) is 0 Å². The summed E-state index contributed by atoms with van der Waals surface area (Å²) in [5, 5.41) is 2.73. The van der Waals surface area contributed by atoms with Crippen molar-refractivity contribution in [1.82, 2.24) is 0 Å². The highest BCUT2D eigenvalue weighted by Gasteiger charge is 2.31. The number of benzene rings is 3. The normalized spacial score (nSPS) is 12.6. The Morgan fingerprint density at radius 1 is 0.786 bits per heavy atom. The first-order valence-electron chi connectivity index (χ1n) is 8.60. The van der Waals surface area contributed by atoms with E-state index in [9.17, 15) is 14.4 Å². The van der Waals surface area contributed by atoms with E-state index in [2.05, 4.69) is 21.2 Å². The number of rotatable bonds is 3. The number of amides is 1. The highest BCUT2D eigenvalue weighted by molar-refractivity contribution is 9.10. The van der Waals surface area contributed by atoms with Crippen molar-refractivity contribution < 1.29 is 14.4 Å². The molecule has 1 aliphatic rings. The Morgan fingerprint density at radius 2 is 1.43 bits per heavy atom. The van der Waals surface area contributed by atoms with Crippen molar-refractivity contribution in [3.05, 3.63) is 105 Å². The van der Waals surface area contributed by atoms with Gasteiger partial charge in [-0.15, -0.1) is 0 Å².